The number of rotatable bonds is 0. The van der Waals surface area contributed by atoms with Crippen molar-refractivity contribution in [3.05, 3.63) is 72.6 Å². The number of hydrogen-bond donors (Lipinski definition) is 0. The van der Waals surface area contributed by atoms with E-state index in [1.54, 1.807) is 0 Å². The fourth-order valence-corrected chi connectivity index (χ4v) is 4.14. The number of allylic oxidation sites excluding steroid dienone is 3. The zero-order valence-electron chi connectivity index (χ0n) is 11.3. The quantitative estimate of drug-likeness (QED) is 0.665. The van der Waals surface area contributed by atoms with Crippen LogP contribution in [0.4, 0.5) is 0 Å². The molecule has 0 amide bonds. The molecule has 2 aliphatic rings. The fraction of sp³-hybridized carbons (Fsp3) is 0.111. The molecule has 0 N–H and O–H groups in total. The van der Waals surface area contributed by atoms with Crippen LogP contribution in [0.25, 0.3) is 16.3 Å². The maximum absolute atomic E-state index is 2.29. The molecule has 0 fully saturated rings. The predicted octanol–water partition coefficient (Wildman–Crippen LogP) is 5.02. The molecule has 0 bridgehead atoms. The largest absolute Gasteiger partial charge is 0.338 e. The van der Waals surface area contributed by atoms with Gasteiger partial charge in [0.1, 0.15) is 5.37 Å². The van der Waals surface area contributed by atoms with Crippen LogP contribution in [-0.4, -0.2) is 10.3 Å². The molecule has 0 aliphatic carbocycles. The minimum atomic E-state index is 0.349. The highest BCUT2D eigenvalue weighted by molar-refractivity contribution is 8.00. The van der Waals surface area contributed by atoms with Crippen molar-refractivity contribution in [2.24, 2.45) is 0 Å². The number of thioether (sulfide) groups is 1. The Morgan fingerprint density at radius 2 is 1.95 bits per heavy atom. The van der Waals surface area contributed by atoms with E-state index in [1.807, 2.05) is 11.8 Å². The summed E-state index contributed by atoms with van der Waals surface area (Å²) >= 11 is 1.93. The van der Waals surface area contributed by atoms with Crippen molar-refractivity contribution in [1.82, 2.24) is 4.90 Å². The fourth-order valence-electron chi connectivity index (χ4n) is 2.80. The van der Waals surface area contributed by atoms with Crippen molar-refractivity contribution in [1.29, 1.82) is 0 Å². The molecule has 0 aromatic heterocycles. The lowest BCUT2D eigenvalue weighted by Crippen LogP contribution is -2.21. The van der Waals surface area contributed by atoms with Crippen LogP contribution in [0.3, 0.4) is 0 Å². The molecule has 2 heteroatoms. The van der Waals surface area contributed by atoms with Gasteiger partial charge in [0.25, 0.3) is 0 Å². The van der Waals surface area contributed by atoms with Crippen LogP contribution in [0, 0.1) is 0 Å². The van der Waals surface area contributed by atoms with Gasteiger partial charge in [-0.05, 0) is 34.9 Å². The first-order valence-corrected chi connectivity index (χ1v) is 7.70. The van der Waals surface area contributed by atoms with Gasteiger partial charge in [0, 0.05) is 17.3 Å². The minimum absolute atomic E-state index is 0.349. The average molecular weight is 277 g/mol. The van der Waals surface area contributed by atoms with Crippen LogP contribution in [0.5, 0.6) is 0 Å². The predicted molar refractivity (Wildman–Crippen MR) is 87.4 cm³/mol. The van der Waals surface area contributed by atoms with Crippen LogP contribution >= 0.6 is 11.8 Å². The third-order valence-corrected chi connectivity index (χ3v) is 5.14. The van der Waals surface area contributed by atoms with Gasteiger partial charge in [-0.25, -0.2) is 0 Å². The molecule has 4 rings (SSSR count). The lowest BCUT2D eigenvalue weighted by Gasteiger charge is -2.25. The minimum Gasteiger partial charge on any atom is -0.338 e. The smallest absolute Gasteiger partial charge is 0.102 e. The summed E-state index contributed by atoms with van der Waals surface area (Å²) in [5, 5.41) is 3.02. The Balaban J connectivity index is 1.97. The third kappa shape index (κ3) is 1.80. The van der Waals surface area contributed by atoms with Crippen LogP contribution in [0.2, 0.25) is 0 Å². The highest BCUT2D eigenvalue weighted by Gasteiger charge is 2.22. The summed E-state index contributed by atoms with van der Waals surface area (Å²) in [6.07, 6.45) is 10.9. The topological polar surface area (TPSA) is 3.24 Å². The normalized spacial score (nSPS) is 20.4. The zero-order valence-corrected chi connectivity index (χ0v) is 12.1. The molecular weight excluding hydrogens is 262 g/mol. The number of nitrogens with zero attached hydrogens (tertiary/aromatic N) is 1. The second-order valence-corrected chi connectivity index (χ2v) is 6.28. The molecule has 98 valence electrons. The van der Waals surface area contributed by atoms with Crippen LogP contribution in [0.1, 0.15) is 12.5 Å². The van der Waals surface area contributed by atoms with E-state index in [0.29, 0.717) is 5.37 Å². The van der Waals surface area contributed by atoms with E-state index < -0.39 is 0 Å². The Kier molecular flexibility index (Phi) is 2.71. The summed E-state index contributed by atoms with van der Waals surface area (Å²) in [5.74, 6) is 0. The Bertz CT molecular complexity index is 770. The monoisotopic (exact) mass is 277 g/mol. The van der Waals surface area contributed by atoms with Crippen LogP contribution in [0.15, 0.2) is 71.9 Å². The Hall–Kier alpha value is -1.93. The Labute approximate surface area is 123 Å². The lowest BCUT2D eigenvalue weighted by molar-refractivity contribution is 0.528. The van der Waals surface area contributed by atoms with E-state index >= 15 is 0 Å². The molecule has 0 spiro atoms. The van der Waals surface area contributed by atoms with Crippen molar-refractivity contribution in [2.75, 3.05) is 0 Å². The summed E-state index contributed by atoms with van der Waals surface area (Å²) < 4.78 is 0. The SMILES string of the molecule is CC1=CN2C=CC=CC2Sc2c1ccc1ccccc21. The van der Waals surface area contributed by atoms with Crippen molar-refractivity contribution in [3.8, 4) is 0 Å². The first-order valence-electron chi connectivity index (χ1n) is 6.82. The molecule has 1 nitrogen and oxygen atoms in total. The van der Waals surface area contributed by atoms with Gasteiger partial charge in [-0.1, -0.05) is 60.3 Å². The van der Waals surface area contributed by atoms with Gasteiger partial charge < -0.3 is 4.90 Å². The summed E-state index contributed by atoms with van der Waals surface area (Å²) in [5.41, 5.74) is 2.67. The van der Waals surface area contributed by atoms with Gasteiger partial charge in [0.2, 0.25) is 0 Å². The number of fused-ring (bicyclic) bond motifs is 4. The van der Waals surface area contributed by atoms with Gasteiger partial charge in [-0.2, -0.15) is 0 Å². The van der Waals surface area contributed by atoms with Crippen LogP contribution in [-0.2, 0) is 0 Å². The Morgan fingerprint density at radius 1 is 1.05 bits per heavy atom. The average Bonchev–Trinajstić information content (AvgIpc) is 2.63. The van der Waals surface area contributed by atoms with Gasteiger partial charge in [0.05, 0.1) is 0 Å². The molecular formula is C18H15NS. The highest BCUT2D eigenvalue weighted by atomic mass is 32.2. The van der Waals surface area contributed by atoms with E-state index in [4.69, 9.17) is 0 Å². The van der Waals surface area contributed by atoms with E-state index in [1.165, 1.54) is 26.8 Å². The van der Waals surface area contributed by atoms with Crippen molar-refractivity contribution in [2.45, 2.75) is 17.2 Å². The maximum Gasteiger partial charge on any atom is 0.102 e. The van der Waals surface area contributed by atoms with Crippen molar-refractivity contribution in [3.63, 3.8) is 0 Å². The molecule has 20 heavy (non-hydrogen) atoms. The number of hydrogen-bond acceptors (Lipinski definition) is 2. The molecule has 1 atom stereocenters. The second kappa shape index (κ2) is 4.57. The lowest BCUT2D eigenvalue weighted by atomic mass is 10.0. The molecule has 0 saturated carbocycles. The van der Waals surface area contributed by atoms with Crippen molar-refractivity contribution >= 4 is 28.1 Å². The van der Waals surface area contributed by atoms with Gasteiger partial charge in [-0.15, -0.1) is 0 Å². The molecule has 2 aliphatic heterocycles. The summed E-state index contributed by atoms with van der Waals surface area (Å²) in [7, 11) is 0. The van der Waals surface area contributed by atoms with Gasteiger partial charge >= 0.3 is 0 Å². The third-order valence-electron chi connectivity index (χ3n) is 3.82. The second-order valence-electron chi connectivity index (χ2n) is 5.16. The first kappa shape index (κ1) is 11.9. The molecule has 2 aromatic carbocycles. The summed E-state index contributed by atoms with van der Waals surface area (Å²) in [6, 6.07) is 13.1. The standard InChI is InChI=1S/C18H15NS/c1-13-12-19-11-5-4-8-17(19)20-18-15(13)10-9-14-6-2-3-7-16(14)18/h2-12,17H,1H3. The molecule has 0 saturated heterocycles. The van der Waals surface area contributed by atoms with Crippen molar-refractivity contribution < 1.29 is 0 Å². The zero-order chi connectivity index (χ0) is 13.5. The van der Waals surface area contributed by atoms with E-state index in [0.717, 1.165) is 0 Å². The molecule has 1 unspecified atom stereocenters. The van der Waals surface area contributed by atoms with E-state index in [-0.39, 0.29) is 0 Å². The van der Waals surface area contributed by atoms with E-state index in [2.05, 4.69) is 78.8 Å². The highest BCUT2D eigenvalue weighted by Crippen LogP contribution is 2.42. The van der Waals surface area contributed by atoms with Gasteiger partial charge in [0.15, 0.2) is 0 Å². The number of benzene rings is 2. The Morgan fingerprint density at radius 3 is 2.90 bits per heavy atom. The van der Waals surface area contributed by atoms with Crippen LogP contribution < -0.4 is 0 Å². The molecule has 2 aromatic rings. The molecule has 0 radical (unpaired) electrons. The first-order chi connectivity index (χ1) is 9.83. The summed E-state index contributed by atoms with van der Waals surface area (Å²) in [4.78, 5) is 3.68. The van der Waals surface area contributed by atoms with E-state index in [9.17, 15) is 0 Å². The maximum atomic E-state index is 2.29. The molecule has 2 heterocycles. The summed E-state index contributed by atoms with van der Waals surface area (Å²) in [6.45, 7) is 2.20. The van der Waals surface area contributed by atoms with Gasteiger partial charge in [-0.3, -0.25) is 0 Å².